The second-order valence-electron chi connectivity index (χ2n) is 6.87. The third-order valence-electron chi connectivity index (χ3n) is 5.05. The first kappa shape index (κ1) is 19.1. The fraction of sp³-hybridized carbons (Fsp3) is 0.174. The molecule has 5 nitrogen and oxygen atoms in total. The number of anilines is 1. The Labute approximate surface area is 172 Å². The molecule has 3 aromatic rings. The number of carbonyl (C=O) groups is 3. The van der Waals surface area contributed by atoms with Crippen molar-refractivity contribution in [3.8, 4) is 0 Å². The van der Waals surface area contributed by atoms with Gasteiger partial charge in [0.25, 0.3) is 11.8 Å². The zero-order chi connectivity index (χ0) is 20.4. The number of ketones is 1. The number of benzene rings is 2. The summed E-state index contributed by atoms with van der Waals surface area (Å²) < 4.78 is 0. The predicted octanol–water partition coefficient (Wildman–Crippen LogP) is 4.08. The van der Waals surface area contributed by atoms with Crippen molar-refractivity contribution in [3.63, 3.8) is 0 Å². The van der Waals surface area contributed by atoms with Crippen molar-refractivity contribution < 1.29 is 14.4 Å². The van der Waals surface area contributed by atoms with Crippen molar-refractivity contribution in [2.75, 3.05) is 12.4 Å². The summed E-state index contributed by atoms with van der Waals surface area (Å²) in [6.45, 7) is 0. The number of nitrogens with one attached hydrogen (secondary N) is 2. The molecule has 0 radical (unpaired) electrons. The quantitative estimate of drug-likeness (QED) is 0.629. The molecule has 0 unspecified atom stereocenters. The Morgan fingerprint density at radius 2 is 1.48 bits per heavy atom. The number of hydrogen-bond acceptors (Lipinski definition) is 4. The highest BCUT2D eigenvalue weighted by atomic mass is 32.1. The molecule has 2 amide bonds. The van der Waals surface area contributed by atoms with Gasteiger partial charge in [-0.3, -0.25) is 14.4 Å². The molecule has 146 valence electrons. The third kappa shape index (κ3) is 3.71. The second-order valence-corrected chi connectivity index (χ2v) is 7.97. The molecule has 0 saturated carbocycles. The molecular weight excluding hydrogens is 384 g/mol. The molecule has 4 rings (SSSR count). The zero-order valence-electron chi connectivity index (χ0n) is 16.0. The van der Waals surface area contributed by atoms with Crippen LogP contribution in [-0.2, 0) is 12.8 Å². The molecule has 1 aliphatic carbocycles. The van der Waals surface area contributed by atoms with Crippen molar-refractivity contribution in [2.24, 2.45) is 0 Å². The highest BCUT2D eigenvalue weighted by molar-refractivity contribution is 7.17. The summed E-state index contributed by atoms with van der Waals surface area (Å²) in [5, 5.41) is 6.14. The average Bonchev–Trinajstić information content (AvgIpc) is 3.34. The van der Waals surface area contributed by atoms with E-state index in [1.807, 2.05) is 18.2 Å². The van der Waals surface area contributed by atoms with E-state index in [-0.39, 0.29) is 17.6 Å². The molecule has 0 saturated heterocycles. The van der Waals surface area contributed by atoms with E-state index < -0.39 is 0 Å². The number of fused-ring (bicyclic) bond motifs is 1. The van der Waals surface area contributed by atoms with Gasteiger partial charge in [0.2, 0.25) is 0 Å². The van der Waals surface area contributed by atoms with Crippen LogP contribution in [0.3, 0.4) is 0 Å². The van der Waals surface area contributed by atoms with E-state index in [2.05, 4.69) is 10.6 Å². The molecule has 2 N–H and O–H groups in total. The highest BCUT2D eigenvalue weighted by Crippen LogP contribution is 2.39. The lowest BCUT2D eigenvalue weighted by molar-refractivity contribution is 0.0962. The standard InChI is InChI=1S/C23H20N2O3S/c1-24-22(28)19-17-8-5-9-18(17)29-23(19)25-21(27)16-12-10-15(11-13-16)20(26)14-6-3-2-4-7-14/h2-4,6-7,10-13H,5,8-9H2,1H3,(H,24,28)(H,25,27). The van der Waals surface area contributed by atoms with E-state index in [4.69, 9.17) is 0 Å². The minimum atomic E-state index is -0.297. The summed E-state index contributed by atoms with van der Waals surface area (Å²) in [5.41, 5.74) is 3.19. The summed E-state index contributed by atoms with van der Waals surface area (Å²) in [4.78, 5) is 38.7. The molecule has 1 aliphatic rings. The number of rotatable bonds is 5. The number of amides is 2. The third-order valence-corrected chi connectivity index (χ3v) is 6.25. The largest absolute Gasteiger partial charge is 0.355 e. The molecule has 0 spiro atoms. The smallest absolute Gasteiger partial charge is 0.256 e. The van der Waals surface area contributed by atoms with E-state index in [0.717, 1.165) is 24.8 Å². The minimum absolute atomic E-state index is 0.0888. The monoisotopic (exact) mass is 404 g/mol. The number of aryl methyl sites for hydroxylation is 1. The summed E-state index contributed by atoms with van der Waals surface area (Å²) in [6, 6.07) is 15.6. The first-order valence-corrected chi connectivity index (χ1v) is 10.3. The summed E-state index contributed by atoms with van der Waals surface area (Å²) in [6.07, 6.45) is 2.84. The molecule has 29 heavy (non-hydrogen) atoms. The molecule has 0 bridgehead atoms. The lowest BCUT2D eigenvalue weighted by Crippen LogP contribution is -2.21. The fourth-order valence-corrected chi connectivity index (χ4v) is 4.84. The van der Waals surface area contributed by atoms with Crippen LogP contribution in [0.15, 0.2) is 54.6 Å². The van der Waals surface area contributed by atoms with Gasteiger partial charge in [0.1, 0.15) is 5.00 Å². The van der Waals surface area contributed by atoms with Gasteiger partial charge in [0.15, 0.2) is 5.78 Å². The van der Waals surface area contributed by atoms with Gasteiger partial charge in [-0.15, -0.1) is 11.3 Å². The molecule has 0 fully saturated rings. The molecule has 2 aromatic carbocycles. The molecule has 1 aromatic heterocycles. The van der Waals surface area contributed by atoms with Gasteiger partial charge >= 0.3 is 0 Å². The van der Waals surface area contributed by atoms with Gasteiger partial charge in [-0.25, -0.2) is 0 Å². The van der Waals surface area contributed by atoms with Crippen molar-refractivity contribution in [1.82, 2.24) is 5.32 Å². The van der Waals surface area contributed by atoms with Gasteiger partial charge in [-0.05, 0) is 37.0 Å². The second kappa shape index (κ2) is 8.01. The van der Waals surface area contributed by atoms with Gasteiger partial charge in [-0.1, -0.05) is 42.5 Å². The van der Waals surface area contributed by atoms with Crippen LogP contribution in [0.2, 0.25) is 0 Å². The first-order chi connectivity index (χ1) is 14.1. The fourth-order valence-electron chi connectivity index (χ4n) is 3.56. The summed E-state index contributed by atoms with van der Waals surface area (Å²) >= 11 is 1.47. The van der Waals surface area contributed by atoms with Gasteiger partial charge in [-0.2, -0.15) is 0 Å². The molecule has 1 heterocycles. The van der Waals surface area contributed by atoms with Crippen molar-refractivity contribution in [3.05, 3.63) is 87.3 Å². The zero-order valence-corrected chi connectivity index (χ0v) is 16.8. The Kier molecular flexibility index (Phi) is 5.27. The van der Waals surface area contributed by atoms with E-state index in [9.17, 15) is 14.4 Å². The van der Waals surface area contributed by atoms with Crippen LogP contribution in [0.1, 0.15) is 53.5 Å². The molecule has 0 atom stereocenters. The number of thiophene rings is 1. The van der Waals surface area contributed by atoms with Crippen LogP contribution in [-0.4, -0.2) is 24.6 Å². The highest BCUT2D eigenvalue weighted by Gasteiger charge is 2.27. The molecular formula is C23H20N2O3S. The van der Waals surface area contributed by atoms with Crippen molar-refractivity contribution >= 4 is 33.9 Å². The maximum absolute atomic E-state index is 12.7. The van der Waals surface area contributed by atoms with Gasteiger partial charge in [0.05, 0.1) is 5.56 Å². The normalized spacial score (nSPS) is 12.3. The van der Waals surface area contributed by atoms with Crippen LogP contribution in [0.25, 0.3) is 0 Å². The van der Waals surface area contributed by atoms with E-state index in [1.165, 1.54) is 16.2 Å². The Balaban J connectivity index is 1.54. The first-order valence-electron chi connectivity index (χ1n) is 9.46. The average molecular weight is 404 g/mol. The number of hydrogen-bond donors (Lipinski definition) is 2. The number of carbonyl (C=O) groups excluding carboxylic acids is 3. The van der Waals surface area contributed by atoms with Crippen LogP contribution < -0.4 is 10.6 Å². The van der Waals surface area contributed by atoms with E-state index in [1.54, 1.807) is 43.4 Å². The Hall–Kier alpha value is -3.25. The lowest BCUT2D eigenvalue weighted by Gasteiger charge is -2.08. The van der Waals surface area contributed by atoms with Crippen LogP contribution >= 0.6 is 11.3 Å². The van der Waals surface area contributed by atoms with E-state index >= 15 is 0 Å². The molecule has 0 aliphatic heterocycles. The van der Waals surface area contributed by atoms with Crippen LogP contribution in [0.5, 0.6) is 0 Å². The maximum atomic E-state index is 12.7. The predicted molar refractivity (Wildman–Crippen MR) is 114 cm³/mol. The van der Waals surface area contributed by atoms with Gasteiger partial charge in [0, 0.05) is 28.6 Å². The van der Waals surface area contributed by atoms with E-state index in [0.29, 0.717) is 27.3 Å². The maximum Gasteiger partial charge on any atom is 0.256 e. The van der Waals surface area contributed by atoms with Gasteiger partial charge < -0.3 is 10.6 Å². The van der Waals surface area contributed by atoms with Crippen LogP contribution in [0, 0.1) is 0 Å². The van der Waals surface area contributed by atoms with Crippen molar-refractivity contribution in [1.29, 1.82) is 0 Å². The lowest BCUT2D eigenvalue weighted by atomic mass is 10.0. The van der Waals surface area contributed by atoms with Crippen LogP contribution in [0.4, 0.5) is 5.00 Å². The Bertz CT molecular complexity index is 1090. The molecule has 6 heteroatoms. The topological polar surface area (TPSA) is 75.3 Å². The van der Waals surface area contributed by atoms with Crippen molar-refractivity contribution in [2.45, 2.75) is 19.3 Å². The summed E-state index contributed by atoms with van der Waals surface area (Å²) in [7, 11) is 1.59. The Morgan fingerprint density at radius 1 is 0.828 bits per heavy atom. The minimum Gasteiger partial charge on any atom is -0.355 e. The SMILES string of the molecule is CNC(=O)c1c(NC(=O)c2ccc(C(=O)c3ccccc3)cc2)sc2c1CCC2. The summed E-state index contributed by atoms with van der Waals surface area (Å²) in [5.74, 6) is -0.563. The Morgan fingerprint density at radius 3 is 2.17 bits per heavy atom.